The largest absolute Gasteiger partial charge is 0.377 e. The predicted molar refractivity (Wildman–Crippen MR) is 65.4 cm³/mol. The maximum atomic E-state index is 5.46. The molecule has 0 bridgehead atoms. The summed E-state index contributed by atoms with van der Waals surface area (Å²) >= 11 is 0. The molecule has 0 aliphatic rings. The summed E-state index contributed by atoms with van der Waals surface area (Å²) in [5.74, 6) is 0. The third-order valence-corrected chi connectivity index (χ3v) is 2.53. The summed E-state index contributed by atoms with van der Waals surface area (Å²) in [6, 6.07) is 0. The van der Waals surface area contributed by atoms with E-state index in [1.54, 1.807) is 0 Å². The number of rotatable bonds is 7. The summed E-state index contributed by atoms with van der Waals surface area (Å²) in [4.78, 5) is 0. The van der Waals surface area contributed by atoms with Crippen molar-refractivity contribution in [2.75, 3.05) is 13.2 Å². The Bertz CT molecular complexity index is 309. The average molecular weight is 225 g/mol. The summed E-state index contributed by atoms with van der Waals surface area (Å²) in [6.45, 7) is 8.76. The lowest BCUT2D eigenvalue weighted by Crippen LogP contribution is -2.26. The van der Waals surface area contributed by atoms with Gasteiger partial charge in [0.25, 0.3) is 0 Å². The quantitative estimate of drug-likeness (QED) is 0.764. The van der Waals surface area contributed by atoms with Gasteiger partial charge < -0.3 is 10.1 Å². The molecule has 0 radical (unpaired) electrons. The number of aromatic nitrogens is 2. The molecule has 0 amide bonds. The first-order chi connectivity index (χ1) is 7.67. The van der Waals surface area contributed by atoms with Crippen molar-refractivity contribution in [3.8, 4) is 0 Å². The molecule has 1 atom stereocenters. The van der Waals surface area contributed by atoms with Crippen molar-refractivity contribution in [1.29, 1.82) is 0 Å². The van der Waals surface area contributed by atoms with Crippen LogP contribution in [-0.4, -0.2) is 29.0 Å². The molecule has 1 unspecified atom stereocenters. The molecule has 1 aromatic rings. The summed E-state index contributed by atoms with van der Waals surface area (Å²) in [6.07, 6.45) is 3.34. The van der Waals surface area contributed by atoms with E-state index in [0.29, 0.717) is 0 Å². The van der Waals surface area contributed by atoms with Crippen molar-refractivity contribution in [3.05, 3.63) is 17.5 Å². The molecule has 16 heavy (non-hydrogen) atoms. The summed E-state index contributed by atoms with van der Waals surface area (Å²) in [5, 5.41) is 7.80. The lowest BCUT2D eigenvalue weighted by molar-refractivity contribution is 0.0759. The van der Waals surface area contributed by atoms with Crippen LogP contribution in [0.1, 0.15) is 32.0 Å². The molecule has 92 valence electrons. The molecule has 0 aromatic carbocycles. The lowest BCUT2D eigenvalue weighted by Gasteiger charge is -2.12. The molecule has 1 aromatic heterocycles. The van der Waals surface area contributed by atoms with Crippen LogP contribution in [0.5, 0.6) is 0 Å². The average Bonchev–Trinajstić information content (AvgIpc) is 2.59. The van der Waals surface area contributed by atoms with Gasteiger partial charge in [0.2, 0.25) is 0 Å². The number of ether oxygens (including phenoxy) is 1. The fourth-order valence-electron chi connectivity index (χ4n) is 1.78. The van der Waals surface area contributed by atoms with E-state index in [4.69, 9.17) is 4.74 Å². The van der Waals surface area contributed by atoms with Gasteiger partial charge in [-0.2, -0.15) is 5.10 Å². The molecule has 0 spiro atoms. The zero-order valence-electron chi connectivity index (χ0n) is 10.8. The van der Waals surface area contributed by atoms with E-state index in [-0.39, 0.29) is 6.10 Å². The van der Waals surface area contributed by atoms with Crippen LogP contribution < -0.4 is 5.32 Å². The van der Waals surface area contributed by atoms with E-state index in [2.05, 4.69) is 30.5 Å². The first-order valence-corrected chi connectivity index (χ1v) is 6.01. The second-order valence-corrected chi connectivity index (χ2v) is 4.03. The highest BCUT2D eigenvalue weighted by Gasteiger charge is 2.06. The van der Waals surface area contributed by atoms with Crippen molar-refractivity contribution in [2.24, 2.45) is 7.05 Å². The highest BCUT2D eigenvalue weighted by molar-refractivity contribution is 5.16. The van der Waals surface area contributed by atoms with Crippen LogP contribution in [0.2, 0.25) is 0 Å². The van der Waals surface area contributed by atoms with Crippen LogP contribution in [0.4, 0.5) is 0 Å². The van der Waals surface area contributed by atoms with Gasteiger partial charge in [-0.25, -0.2) is 0 Å². The van der Waals surface area contributed by atoms with E-state index < -0.39 is 0 Å². The van der Waals surface area contributed by atoms with Crippen molar-refractivity contribution in [1.82, 2.24) is 15.1 Å². The number of aryl methyl sites for hydroxylation is 2. The van der Waals surface area contributed by atoms with Gasteiger partial charge in [0.05, 0.1) is 11.8 Å². The monoisotopic (exact) mass is 225 g/mol. The summed E-state index contributed by atoms with van der Waals surface area (Å²) < 4.78 is 7.34. The minimum Gasteiger partial charge on any atom is -0.377 e. The standard InChI is InChI=1S/C12H23N3O/c1-5-12-11(9-15(4)14-12)8-13-7-10(3)16-6-2/h9-10,13H,5-8H2,1-4H3. The molecule has 0 saturated heterocycles. The third-order valence-electron chi connectivity index (χ3n) is 2.53. The molecule has 4 nitrogen and oxygen atoms in total. The van der Waals surface area contributed by atoms with Crippen molar-refractivity contribution in [3.63, 3.8) is 0 Å². The van der Waals surface area contributed by atoms with Gasteiger partial charge in [0, 0.05) is 38.5 Å². The van der Waals surface area contributed by atoms with Crippen LogP contribution in [0.15, 0.2) is 6.20 Å². The number of hydrogen-bond donors (Lipinski definition) is 1. The third kappa shape index (κ3) is 3.94. The zero-order chi connectivity index (χ0) is 12.0. The topological polar surface area (TPSA) is 39.1 Å². The molecule has 1 heterocycles. The normalized spacial score (nSPS) is 13.0. The number of nitrogens with one attached hydrogen (secondary N) is 1. The Morgan fingerprint density at radius 3 is 2.88 bits per heavy atom. The van der Waals surface area contributed by atoms with Crippen LogP contribution in [0.3, 0.4) is 0 Å². The van der Waals surface area contributed by atoms with Crippen molar-refractivity contribution < 1.29 is 4.74 Å². The molecule has 0 aliphatic carbocycles. The lowest BCUT2D eigenvalue weighted by atomic mass is 10.2. The Hall–Kier alpha value is -0.870. The zero-order valence-corrected chi connectivity index (χ0v) is 10.8. The Kier molecular flexibility index (Phi) is 5.49. The maximum Gasteiger partial charge on any atom is 0.0671 e. The van der Waals surface area contributed by atoms with Crippen LogP contribution in [-0.2, 0) is 24.8 Å². The smallest absolute Gasteiger partial charge is 0.0671 e. The van der Waals surface area contributed by atoms with Gasteiger partial charge in [0.15, 0.2) is 0 Å². The van der Waals surface area contributed by atoms with Gasteiger partial charge in [-0.1, -0.05) is 6.92 Å². The molecule has 4 heteroatoms. The van der Waals surface area contributed by atoms with E-state index in [1.165, 1.54) is 11.3 Å². The molecule has 1 N–H and O–H groups in total. The molecule has 1 rings (SSSR count). The van der Waals surface area contributed by atoms with E-state index in [9.17, 15) is 0 Å². The van der Waals surface area contributed by atoms with Crippen LogP contribution in [0.25, 0.3) is 0 Å². The van der Waals surface area contributed by atoms with Gasteiger partial charge in [-0.3, -0.25) is 4.68 Å². The van der Waals surface area contributed by atoms with Gasteiger partial charge in [-0.05, 0) is 20.3 Å². The molecule has 0 fully saturated rings. The predicted octanol–water partition coefficient (Wildman–Crippen LogP) is 1.50. The maximum absolute atomic E-state index is 5.46. The fraction of sp³-hybridized carbons (Fsp3) is 0.750. The second-order valence-electron chi connectivity index (χ2n) is 4.03. The van der Waals surface area contributed by atoms with Crippen molar-refractivity contribution >= 4 is 0 Å². The highest BCUT2D eigenvalue weighted by Crippen LogP contribution is 2.06. The Labute approximate surface area is 98.0 Å². The summed E-state index contributed by atoms with van der Waals surface area (Å²) in [5.41, 5.74) is 2.47. The Balaban J connectivity index is 2.36. The molecular formula is C12H23N3O. The fourth-order valence-corrected chi connectivity index (χ4v) is 1.78. The van der Waals surface area contributed by atoms with Gasteiger partial charge >= 0.3 is 0 Å². The second kappa shape index (κ2) is 6.66. The minimum atomic E-state index is 0.270. The first kappa shape index (κ1) is 13.2. The van der Waals surface area contributed by atoms with Gasteiger partial charge in [-0.15, -0.1) is 0 Å². The number of nitrogens with zero attached hydrogens (tertiary/aromatic N) is 2. The highest BCUT2D eigenvalue weighted by atomic mass is 16.5. The SMILES string of the molecule is CCOC(C)CNCc1cn(C)nc1CC. The molecular weight excluding hydrogens is 202 g/mol. The van der Waals surface area contributed by atoms with E-state index in [0.717, 1.165) is 26.1 Å². The minimum absolute atomic E-state index is 0.270. The van der Waals surface area contributed by atoms with Crippen LogP contribution in [0, 0.1) is 0 Å². The van der Waals surface area contributed by atoms with E-state index >= 15 is 0 Å². The van der Waals surface area contributed by atoms with E-state index in [1.807, 2.05) is 18.7 Å². The molecule has 0 saturated carbocycles. The Morgan fingerprint density at radius 2 is 2.25 bits per heavy atom. The summed E-state index contributed by atoms with van der Waals surface area (Å²) in [7, 11) is 1.96. The molecule has 0 aliphatic heterocycles. The van der Waals surface area contributed by atoms with Gasteiger partial charge in [0.1, 0.15) is 0 Å². The van der Waals surface area contributed by atoms with Crippen molar-refractivity contribution in [2.45, 2.75) is 39.8 Å². The first-order valence-electron chi connectivity index (χ1n) is 6.01. The number of hydrogen-bond acceptors (Lipinski definition) is 3. The van der Waals surface area contributed by atoms with Crippen LogP contribution >= 0.6 is 0 Å². The Morgan fingerprint density at radius 1 is 1.50 bits per heavy atom.